The second-order valence-corrected chi connectivity index (χ2v) is 7.68. The highest BCUT2D eigenvalue weighted by Crippen LogP contribution is 2.34. The summed E-state index contributed by atoms with van der Waals surface area (Å²) in [6.45, 7) is 0.173. The van der Waals surface area contributed by atoms with E-state index in [1.165, 1.54) is 18.2 Å². The zero-order chi connectivity index (χ0) is 20.5. The number of hydrogen-bond donors (Lipinski definition) is 2. The summed E-state index contributed by atoms with van der Waals surface area (Å²) < 4.78 is 68.3. The normalized spacial score (nSPS) is 12.2. The monoisotopic (exact) mass is 412 g/mol. The van der Waals surface area contributed by atoms with Gasteiger partial charge in [-0.3, -0.25) is 9.52 Å². The Morgan fingerprint density at radius 1 is 1.11 bits per heavy atom. The van der Waals surface area contributed by atoms with E-state index in [1.54, 1.807) is 22.9 Å². The van der Waals surface area contributed by atoms with Crippen molar-refractivity contribution in [2.45, 2.75) is 24.0 Å². The molecular weight excluding hydrogens is 397 g/mol. The highest BCUT2D eigenvalue weighted by atomic mass is 32.2. The Balaban J connectivity index is 1.96. The molecule has 0 atom stereocenters. The number of aromatic nitrogens is 1. The molecule has 0 aliphatic rings. The van der Waals surface area contributed by atoms with E-state index in [2.05, 4.69) is 4.72 Å². The van der Waals surface area contributed by atoms with Crippen molar-refractivity contribution < 1.29 is 31.5 Å². The van der Waals surface area contributed by atoms with E-state index >= 15 is 0 Å². The molecular formula is C18H15F3N2O4S. The third-order valence-electron chi connectivity index (χ3n) is 4.07. The van der Waals surface area contributed by atoms with Crippen LogP contribution in [-0.4, -0.2) is 24.1 Å². The molecule has 28 heavy (non-hydrogen) atoms. The lowest BCUT2D eigenvalue weighted by Gasteiger charge is -2.14. The number of benzene rings is 2. The minimum atomic E-state index is -4.82. The molecule has 0 amide bonds. The number of anilines is 1. The first-order valence-electron chi connectivity index (χ1n) is 8.08. The molecule has 3 rings (SSSR count). The van der Waals surface area contributed by atoms with Crippen molar-refractivity contribution in [1.29, 1.82) is 0 Å². The van der Waals surface area contributed by atoms with Crippen LogP contribution in [-0.2, 0) is 27.5 Å². The summed E-state index contributed by atoms with van der Waals surface area (Å²) in [6.07, 6.45) is -3.29. The standard InChI is InChI=1S/C18H15F3N2O4S/c19-18(20,21)14-3-1-2-4-16(14)28(26,27)22-13-6-5-12-7-9-23(15(12)11-13)10-8-17(24)25/h1-7,9,11,22H,8,10H2,(H,24,25). The van der Waals surface area contributed by atoms with Crippen LogP contribution in [0.4, 0.5) is 18.9 Å². The Labute approximate surface area is 158 Å². The van der Waals surface area contributed by atoms with E-state index < -0.39 is 32.6 Å². The molecule has 0 unspecified atom stereocenters. The number of halogens is 3. The van der Waals surface area contributed by atoms with Gasteiger partial charge in [-0.15, -0.1) is 0 Å². The first kappa shape index (κ1) is 19.7. The van der Waals surface area contributed by atoms with E-state index in [1.807, 2.05) is 0 Å². The third kappa shape index (κ3) is 4.11. The molecule has 0 aliphatic heterocycles. The molecule has 0 bridgehead atoms. The molecule has 0 fully saturated rings. The Bertz CT molecular complexity index is 1140. The van der Waals surface area contributed by atoms with E-state index in [-0.39, 0.29) is 18.7 Å². The van der Waals surface area contributed by atoms with Gasteiger partial charge in [0.05, 0.1) is 28.1 Å². The molecule has 10 heteroatoms. The van der Waals surface area contributed by atoms with Crippen LogP contribution in [0.15, 0.2) is 59.6 Å². The van der Waals surface area contributed by atoms with Crippen molar-refractivity contribution >= 4 is 32.6 Å². The van der Waals surface area contributed by atoms with Gasteiger partial charge in [0.15, 0.2) is 0 Å². The fraction of sp³-hybridized carbons (Fsp3) is 0.167. The molecule has 1 aromatic heterocycles. The molecule has 1 heterocycles. The number of aliphatic carboxylic acids is 1. The van der Waals surface area contributed by atoms with Crippen molar-refractivity contribution in [3.8, 4) is 0 Å². The zero-order valence-corrected chi connectivity index (χ0v) is 15.1. The number of fused-ring (bicyclic) bond motifs is 1. The summed E-state index contributed by atoms with van der Waals surface area (Å²) in [6, 6.07) is 10.1. The van der Waals surface area contributed by atoms with Gasteiger partial charge in [0.25, 0.3) is 10.0 Å². The SMILES string of the molecule is O=C(O)CCn1ccc2ccc(NS(=O)(=O)c3ccccc3C(F)(F)F)cc21. The second-order valence-electron chi connectivity index (χ2n) is 6.03. The van der Waals surface area contributed by atoms with E-state index in [0.717, 1.165) is 17.5 Å². The number of aryl methyl sites for hydroxylation is 1. The maximum absolute atomic E-state index is 13.1. The van der Waals surface area contributed by atoms with Crippen LogP contribution < -0.4 is 4.72 Å². The Morgan fingerprint density at radius 3 is 2.50 bits per heavy atom. The average Bonchev–Trinajstić information content (AvgIpc) is 3.01. The quantitative estimate of drug-likeness (QED) is 0.642. The molecule has 2 N–H and O–H groups in total. The number of nitrogens with zero attached hydrogens (tertiary/aromatic N) is 1. The number of carboxylic acid groups (broad SMARTS) is 1. The maximum Gasteiger partial charge on any atom is 0.417 e. The summed E-state index contributed by atoms with van der Waals surface area (Å²) in [4.78, 5) is 9.89. The van der Waals surface area contributed by atoms with Gasteiger partial charge in [0.1, 0.15) is 0 Å². The minimum absolute atomic E-state index is 0.0692. The number of hydrogen-bond acceptors (Lipinski definition) is 3. The van der Waals surface area contributed by atoms with Crippen molar-refractivity contribution in [1.82, 2.24) is 4.57 Å². The predicted octanol–water partition coefficient (Wildman–Crippen LogP) is 3.94. The topological polar surface area (TPSA) is 88.4 Å². The molecule has 148 valence electrons. The Hall–Kier alpha value is -3.01. The first-order valence-corrected chi connectivity index (χ1v) is 9.56. The van der Waals surface area contributed by atoms with Gasteiger partial charge in [-0.05, 0) is 35.7 Å². The Kier molecular flexibility index (Phi) is 5.07. The third-order valence-corrected chi connectivity index (χ3v) is 5.51. The number of carbonyl (C=O) groups is 1. The number of carboxylic acids is 1. The largest absolute Gasteiger partial charge is 0.481 e. The first-order chi connectivity index (χ1) is 13.1. The molecule has 6 nitrogen and oxygen atoms in total. The highest BCUT2D eigenvalue weighted by molar-refractivity contribution is 7.92. The van der Waals surface area contributed by atoms with Gasteiger partial charge in [-0.25, -0.2) is 8.42 Å². The van der Waals surface area contributed by atoms with Crippen LogP contribution in [0.5, 0.6) is 0 Å². The van der Waals surface area contributed by atoms with Crippen LogP contribution in [0.2, 0.25) is 0 Å². The molecule has 3 aromatic rings. The van der Waals surface area contributed by atoms with Crippen molar-refractivity contribution in [2.24, 2.45) is 0 Å². The lowest BCUT2D eigenvalue weighted by atomic mass is 10.2. The van der Waals surface area contributed by atoms with Gasteiger partial charge in [0.2, 0.25) is 0 Å². The van der Waals surface area contributed by atoms with E-state index in [9.17, 15) is 26.4 Å². The van der Waals surface area contributed by atoms with Crippen LogP contribution >= 0.6 is 0 Å². The molecule has 0 saturated carbocycles. The number of alkyl halides is 3. The van der Waals surface area contributed by atoms with Gasteiger partial charge in [-0.1, -0.05) is 18.2 Å². The number of nitrogens with one attached hydrogen (secondary N) is 1. The van der Waals surface area contributed by atoms with Crippen LogP contribution in [0.25, 0.3) is 10.9 Å². The zero-order valence-electron chi connectivity index (χ0n) is 14.3. The van der Waals surface area contributed by atoms with Crippen LogP contribution in [0, 0.1) is 0 Å². The molecule has 0 radical (unpaired) electrons. The Morgan fingerprint density at radius 2 is 1.82 bits per heavy atom. The summed E-state index contributed by atoms with van der Waals surface area (Å²) in [5, 5.41) is 9.55. The summed E-state index contributed by atoms with van der Waals surface area (Å²) in [5.74, 6) is -0.984. The number of rotatable bonds is 6. The van der Waals surface area contributed by atoms with E-state index in [4.69, 9.17) is 5.11 Å². The van der Waals surface area contributed by atoms with Gasteiger partial charge in [-0.2, -0.15) is 13.2 Å². The molecule has 0 spiro atoms. The van der Waals surface area contributed by atoms with Gasteiger partial charge >= 0.3 is 12.1 Å². The van der Waals surface area contributed by atoms with Gasteiger partial charge < -0.3 is 9.67 Å². The summed E-state index contributed by atoms with van der Waals surface area (Å²) in [7, 11) is -4.49. The average molecular weight is 412 g/mol. The van der Waals surface area contributed by atoms with Gasteiger partial charge in [0, 0.05) is 12.7 Å². The number of sulfonamides is 1. The molecule has 2 aromatic carbocycles. The van der Waals surface area contributed by atoms with E-state index in [0.29, 0.717) is 11.6 Å². The highest BCUT2D eigenvalue weighted by Gasteiger charge is 2.36. The minimum Gasteiger partial charge on any atom is -0.481 e. The van der Waals surface area contributed by atoms with Crippen molar-refractivity contribution in [3.63, 3.8) is 0 Å². The molecule has 0 aliphatic carbocycles. The van der Waals surface area contributed by atoms with Crippen LogP contribution in [0.3, 0.4) is 0 Å². The molecule has 0 saturated heterocycles. The lowest BCUT2D eigenvalue weighted by Crippen LogP contribution is -2.18. The summed E-state index contributed by atoms with van der Waals surface area (Å²) >= 11 is 0. The smallest absolute Gasteiger partial charge is 0.417 e. The predicted molar refractivity (Wildman–Crippen MR) is 96.4 cm³/mol. The summed E-state index contributed by atoms with van der Waals surface area (Å²) in [5.41, 5.74) is -0.626. The van der Waals surface area contributed by atoms with Crippen LogP contribution in [0.1, 0.15) is 12.0 Å². The second kappa shape index (κ2) is 7.19. The fourth-order valence-corrected chi connectivity index (χ4v) is 4.08. The lowest BCUT2D eigenvalue weighted by molar-refractivity contribution is -0.140. The maximum atomic E-state index is 13.1. The fourth-order valence-electron chi connectivity index (χ4n) is 2.80. The van der Waals surface area contributed by atoms with Crippen molar-refractivity contribution in [2.75, 3.05) is 4.72 Å². The van der Waals surface area contributed by atoms with Crippen molar-refractivity contribution in [3.05, 3.63) is 60.3 Å².